The summed E-state index contributed by atoms with van der Waals surface area (Å²) in [5, 5.41) is 3.78. The van der Waals surface area contributed by atoms with Gasteiger partial charge in [-0.1, -0.05) is 12.1 Å². The summed E-state index contributed by atoms with van der Waals surface area (Å²) in [6.07, 6.45) is -1.10. The van der Waals surface area contributed by atoms with Crippen LogP contribution in [0.2, 0.25) is 0 Å². The standard InChI is InChI=1S/C27H27F4N5O2/c1-15-33-22(32-10-17-3-2-4-19(21(17)28)27(29,30)31)18-9-20-26(38-8-7-36(20)23(18)34-15)11-25(12-26)13-35(14-25)24(37)16-5-6-16/h2-4,9,16H,5-8,10-14H2,1H3,(H,32,33,34). The third-order valence-corrected chi connectivity index (χ3v) is 8.47. The van der Waals surface area contributed by atoms with E-state index in [4.69, 9.17) is 4.74 Å². The molecule has 0 atom stereocenters. The summed E-state index contributed by atoms with van der Waals surface area (Å²) in [7, 11) is 0. The first-order valence-corrected chi connectivity index (χ1v) is 13.0. The predicted molar refractivity (Wildman–Crippen MR) is 130 cm³/mol. The molecular formula is C27H27F4N5O2. The Morgan fingerprint density at radius 2 is 1.97 bits per heavy atom. The summed E-state index contributed by atoms with van der Waals surface area (Å²) < 4.78 is 62.6. The quantitative estimate of drug-likeness (QED) is 0.493. The Labute approximate surface area is 216 Å². The summed E-state index contributed by atoms with van der Waals surface area (Å²) in [4.78, 5) is 23.5. The van der Waals surface area contributed by atoms with Gasteiger partial charge in [0.25, 0.3) is 0 Å². The topological polar surface area (TPSA) is 72.3 Å². The van der Waals surface area contributed by atoms with Crippen molar-refractivity contribution in [2.24, 2.45) is 11.3 Å². The number of alkyl halides is 3. The van der Waals surface area contributed by atoms with Crippen LogP contribution in [0.25, 0.3) is 11.0 Å². The number of fused-ring (bicyclic) bond motifs is 4. The van der Waals surface area contributed by atoms with Gasteiger partial charge in [-0.25, -0.2) is 14.4 Å². The van der Waals surface area contributed by atoms with Gasteiger partial charge in [-0.2, -0.15) is 13.2 Å². The zero-order chi connectivity index (χ0) is 26.4. The third kappa shape index (κ3) is 3.61. The van der Waals surface area contributed by atoms with Crippen LogP contribution in [0, 0.1) is 24.1 Å². The van der Waals surface area contributed by atoms with Crippen LogP contribution in [0.5, 0.6) is 0 Å². The van der Waals surface area contributed by atoms with Crippen LogP contribution in [0.15, 0.2) is 24.3 Å². The first-order chi connectivity index (χ1) is 18.1. The normalized spacial score (nSPS) is 21.3. The number of nitrogens with one attached hydrogen (secondary N) is 1. The average molecular weight is 530 g/mol. The summed E-state index contributed by atoms with van der Waals surface area (Å²) in [6, 6.07) is 5.27. The summed E-state index contributed by atoms with van der Waals surface area (Å²) >= 11 is 0. The number of likely N-dealkylation sites (tertiary alicyclic amines) is 1. The Kier molecular flexibility index (Phi) is 4.97. The number of nitrogens with zero attached hydrogens (tertiary/aromatic N) is 4. The van der Waals surface area contributed by atoms with Crippen molar-refractivity contribution in [2.75, 3.05) is 25.0 Å². The molecule has 1 amide bonds. The molecule has 2 saturated carbocycles. The number of hydrogen-bond donors (Lipinski definition) is 1. The number of hydrogen-bond acceptors (Lipinski definition) is 5. The van der Waals surface area contributed by atoms with Gasteiger partial charge in [-0.3, -0.25) is 4.79 Å². The highest BCUT2D eigenvalue weighted by Crippen LogP contribution is 2.62. The monoisotopic (exact) mass is 529 g/mol. The Balaban J connectivity index is 1.16. The number of carbonyl (C=O) groups excluding carboxylic acids is 1. The van der Waals surface area contributed by atoms with Crippen LogP contribution in [-0.2, 0) is 34.4 Å². The maximum absolute atomic E-state index is 14.6. The minimum atomic E-state index is -4.77. The molecule has 1 aromatic carbocycles. The molecular weight excluding hydrogens is 502 g/mol. The van der Waals surface area contributed by atoms with Crippen molar-refractivity contribution in [1.82, 2.24) is 19.4 Å². The number of aromatic nitrogens is 3. The van der Waals surface area contributed by atoms with Gasteiger partial charge >= 0.3 is 6.18 Å². The molecule has 1 saturated heterocycles. The molecule has 0 unspecified atom stereocenters. The molecule has 0 bridgehead atoms. The van der Waals surface area contributed by atoms with Gasteiger partial charge in [0.2, 0.25) is 5.91 Å². The van der Waals surface area contributed by atoms with Gasteiger partial charge in [0.1, 0.15) is 28.7 Å². The minimum absolute atomic E-state index is 0.0902. The highest BCUT2D eigenvalue weighted by Gasteiger charge is 2.64. The maximum Gasteiger partial charge on any atom is 0.419 e. The van der Waals surface area contributed by atoms with E-state index in [1.165, 1.54) is 12.1 Å². The number of benzene rings is 1. The molecule has 3 fully saturated rings. The Hall–Kier alpha value is -3.21. The maximum atomic E-state index is 14.6. The van der Waals surface area contributed by atoms with E-state index >= 15 is 0 Å². The second-order valence-corrected chi connectivity index (χ2v) is 11.3. The first-order valence-electron chi connectivity index (χ1n) is 13.0. The van der Waals surface area contributed by atoms with Gasteiger partial charge in [0.05, 0.1) is 23.3 Å². The number of carbonyl (C=O) groups is 1. The zero-order valence-electron chi connectivity index (χ0n) is 20.9. The van der Waals surface area contributed by atoms with Crippen LogP contribution in [0.3, 0.4) is 0 Å². The lowest BCUT2D eigenvalue weighted by Gasteiger charge is -2.64. The number of halogens is 4. The highest BCUT2D eigenvalue weighted by atomic mass is 19.4. The van der Waals surface area contributed by atoms with Crippen molar-refractivity contribution in [3.8, 4) is 0 Å². The molecule has 2 spiro atoms. The molecule has 7 nitrogen and oxygen atoms in total. The van der Waals surface area contributed by atoms with E-state index in [0.29, 0.717) is 24.8 Å². The molecule has 2 aliphatic heterocycles. The van der Waals surface area contributed by atoms with Crippen molar-refractivity contribution in [3.05, 3.63) is 52.7 Å². The molecule has 3 aromatic rings. The molecule has 38 heavy (non-hydrogen) atoms. The largest absolute Gasteiger partial charge is 0.419 e. The second-order valence-electron chi connectivity index (χ2n) is 11.3. The van der Waals surface area contributed by atoms with E-state index in [1.54, 1.807) is 6.92 Å². The molecule has 1 N–H and O–H groups in total. The molecule has 2 aromatic heterocycles. The zero-order valence-corrected chi connectivity index (χ0v) is 20.9. The van der Waals surface area contributed by atoms with Crippen LogP contribution in [0.4, 0.5) is 23.4 Å². The number of anilines is 1. The van der Waals surface area contributed by atoms with Crippen LogP contribution in [0.1, 0.15) is 48.3 Å². The number of aryl methyl sites for hydroxylation is 1. The lowest BCUT2D eigenvalue weighted by atomic mass is 9.54. The van der Waals surface area contributed by atoms with Crippen molar-refractivity contribution < 1.29 is 27.1 Å². The first kappa shape index (κ1) is 23.9. The smallest absolute Gasteiger partial charge is 0.367 e. The predicted octanol–water partition coefficient (Wildman–Crippen LogP) is 4.77. The summed E-state index contributed by atoms with van der Waals surface area (Å²) in [6.45, 7) is 4.32. The molecule has 2 aliphatic carbocycles. The Morgan fingerprint density at radius 3 is 2.68 bits per heavy atom. The van der Waals surface area contributed by atoms with Crippen molar-refractivity contribution in [1.29, 1.82) is 0 Å². The van der Waals surface area contributed by atoms with Gasteiger partial charge in [-0.05, 0) is 44.7 Å². The molecule has 200 valence electrons. The fraction of sp³-hybridized carbons (Fsp3) is 0.519. The third-order valence-electron chi connectivity index (χ3n) is 8.47. The second kappa shape index (κ2) is 7.91. The van der Waals surface area contributed by atoms with Crippen molar-refractivity contribution in [3.63, 3.8) is 0 Å². The number of ether oxygens (including phenoxy) is 1. The lowest BCUT2D eigenvalue weighted by Crippen LogP contribution is -2.69. The van der Waals surface area contributed by atoms with Crippen LogP contribution in [-0.4, -0.2) is 45.0 Å². The molecule has 4 aliphatic rings. The molecule has 0 radical (unpaired) electrons. The van der Waals surface area contributed by atoms with Crippen LogP contribution >= 0.6 is 0 Å². The average Bonchev–Trinajstić information content (AvgIpc) is 3.60. The number of amides is 1. The number of rotatable bonds is 4. The minimum Gasteiger partial charge on any atom is -0.367 e. The lowest BCUT2D eigenvalue weighted by molar-refractivity contribution is -0.233. The van der Waals surface area contributed by atoms with Gasteiger partial charge in [0, 0.05) is 43.1 Å². The van der Waals surface area contributed by atoms with E-state index in [1.807, 2.05) is 11.0 Å². The molecule has 11 heteroatoms. The van der Waals surface area contributed by atoms with Crippen molar-refractivity contribution in [2.45, 2.75) is 57.5 Å². The Morgan fingerprint density at radius 1 is 1.21 bits per heavy atom. The van der Waals surface area contributed by atoms with E-state index < -0.39 is 23.2 Å². The fourth-order valence-electron chi connectivity index (χ4n) is 6.67. The Bertz CT molecular complexity index is 1460. The summed E-state index contributed by atoms with van der Waals surface area (Å²) in [5.41, 5.74) is -0.0126. The van der Waals surface area contributed by atoms with Gasteiger partial charge in [-0.15, -0.1) is 0 Å². The van der Waals surface area contributed by atoms with E-state index in [2.05, 4.69) is 19.9 Å². The van der Waals surface area contributed by atoms with E-state index in [9.17, 15) is 22.4 Å². The summed E-state index contributed by atoms with van der Waals surface area (Å²) in [5.74, 6) is 0.179. The van der Waals surface area contributed by atoms with E-state index in [0.717, 1.165) is 61.6 Å². The van der Waals surface area contributed by atoms with E-state index in [-0.39, 0.29) is 29.3 Å². The van der Waals surface area contributed by atoms with Gasteiger partial charge < -0.3 is 19.5 Å². The molecule has 7 rings (SSSR count). The molecule has 4 heterocycles. The van der Waals surface area contributed by atoms with Crippen molar-refractivity contribution >= 4 is 22.8 Å². The fourth-order valence-corrected chi connectivity index (χ4v) is 6.67. The highest BCUT2D eigenvalue weighted by molar-refractivity contribution is 5.89. The SMILES string of the molecule is Cc1nc(NCc2cccc(C(F)(F)F)c2F)c2cc3n(c2n1)CCOC31CC2(CN(C(=O)C3CC3)C2)C1. The van der Waals surface area contributed by atoms with Gasteiger partial charge in [0.15, 0.2) is 0 Å². The van der Waals surface area contributed by atoms with Crippen LogP contribution < -0.4 is 5.32 Å².